The number of halogens is 4. The highest BCUT2D eigenvalue weighted by molar-refractivity contribution is 6.30. The van der Waals surface area contributed by atoms with Gasteiger partial charge in [-0.05, 0) is 61.0 Å². The van der Waals surface area contributed by atoms with Crippen LogP contribution in [0.25, 0.3) is 22.3 Å². The van der Waals surface area contributed by atoms with Gasteiger partial charge in [-0.1, -0.05) is 29.8 Å². The van der Waals surface area contributed by atoms with Crippen molar-refractivity contribution in [1.29, 1.82) is 0 Å². The number of aliphatic hydroxyl groups excluding tert-OH is 2. The topological polar surface area (TPSA) is 154 Å². The van der Waals surface area contributed by atoms with E-state index in [4.69, 9.17) is 25.2 Å². The van der Waals surface area contributed by atoms with E-state index in [9.17, 15) is 33.0 Å². The van der Waals surface area contributed by atoms with Gasteiger partial charge in [-0.2, -0.15) is 13.2 Å². The first-order chi connectivity index (χ1) is 26.9. The van der Waals surface area contributed by atoms with E-state index >= 15 is 0 Å². The van der Waals surface area contributed by atoms with Gasteiger partial charge in [-0.15, -0.1) is 0 Å². The zero-order chi connectivity index (χ0) is 39.4. The van der Waals surface area contributed by atoms with E-state index < -0.39 is 54.7 Å². The van der Waals surface area contributed by atoms with Crippen LogP contribution in [0.3, 0.4) is 0 Å². The summed E-state index contributed by atoms with van der Waals surface area (Å²) in [4.78, 5) is 35.1. The number of para-hydroxylation sites is 1. The Morgan fingerprint density at radius 3 is 2.61 bits per heavy atom. The first kappa shape index (κ1) is 39.3. The Hall–Kier alpha value is -4.93. The molecule has 1 fully saturated rings. The molecule has 0 unspecified atom stereocenters. The van der Waals surface area contributed by atoms with Gasteiger partial charge in [0.05, 0.1) is 24.9 Å². The predicted octanol–water partition coefficient (Wildman–Crippen LogP) is 5.13. The van der Waals surface area contributed by atoms with Crippen LogP contribution in [-0.2, 0) is 22.6 Å². The van der Waals surface area contributed by atoms with Gasteiger partial charge in [-0.25, -0.2) is 0 Å². The lowest BCUT2D eigenvalue weighted by Crippen LogP contribution is -2.60. The molecule has 0 aliphatic carbocycles. The Bertz CT molecular complexity index is 2090. The number of hydrogen-bond acceptors (Lipinski definition) is 10. The summed E-state index contributed by atoms with van der Waals surface area (Å²) >= 11 is 6.02. The quantitative estimate of drug-likeness (QED) is 0.126. The third-order valence-electron chi connectivity index (χ3n) is 10.1. The molecule has 56 heavy (non-hydrogen) atoms. The summed E-state index contributed by atoms with van der Waals surface area (Å²) in [5, 5.41) is 28.7. The number of piperazine rings is 1. The first-order valence-corrected chi connectivity index (χ1v) is 18.6. The number of rotatable bonds is 13. The van der Waals surface area contributed by atoms with Crippen molar-refractivity contribution in [2.45, 2.75) is 49.9 Å². The fourth-order valence-electron chi connectivity index (χ4n) is 7.28. The molecular formula is C40H41ClF3N5O7. The van der Waals surface area contributed by atoms with Crippen molar-refractivity contribution in [2.24, 2.45) is 5.92 Å². The molecule has 4 N–H and O–H groups in total. The maximum absolute atomic E-state index is 14.1. The highest BCUT2D eigenvalue weighted by atomic mass is 35.5. The highest BCUT2D eigenvalue weighted by Crippen LogP contribution is 2.33. The summed E-state index contributed by atoms with van der Waals surface area (Å²) in [6.45, 7) is -0.614. The van der Waals surface area contributed by atoms with Crippen LogP contribution < -0.4 is 15.4 Å². The second-order valence-corrected chi connectivity index (χ2v) is 14.6. The van der Waals surface area contributed by atoms with E-state index in [1.54, 1.807) is 71.9 Å². The summed E-state index contributed by atoms with van der Waals surface area (Å²) < 4.78 is 57.2. The SMILES string of the molecule is O=C(N[C@H]1c2ccccc2OC[C@H]1O)[C@H](Cc1cc2ccncc2o1)C[C@H](O)CN1CCN(Cc2ccc(-c3ccc(Cl)cc3)o2)C[C@H]1C(=O)NCC(F)(F)F. The van der Waals surface area contributed by atoms with Gasteiger partial charge >= 0.3 is 6.18 Å². The molecule has 0 spiro atoms. The van der Waals surface area contributed by atoms with Gasteiger partial charge in [0.25, 0.3) is 0 Å². The zero-order valence-corrected chi connectivity index (χ0v) is 30.9. The van der Waals surface area contributed by atoms with Crippen molar-refractivity contribution in [3.8, 4) is 17.1 Å². The molecule has 0 bridgehead atoms. The maximum atomic E-state index is 14.1. The van der Waals surface area contributed by atoms with Gasteiger partial charge in [-0.3, -0.25) is 24.4 Å². The van der Waals surface area contributed by atoms with Crippen LogP contribution in [0.2, 0.25) is 5.02 Å². The van der Waals surface area contributed by atoms with Crippen molar-refractivity contribution >= 4 is 34.4 Å². The van der Waals surface area contributed by atoms with Crippen molar-refractivity contribution in [3.63, 3.8) is 0 Å². The summed E-state index contributed by atoms with van der Waals surface area (Å²) in [7, 11) is 0. The van der Waals surface area contributed by atoms with Gasteiger partial charge in [0, 0.05) is 66.3 Å². The second-order valence-electron chi connectivity index (χ2n) is 14.2. The number of carbonyl (C=O) groups is 2. The Labute approximate surface area is 325 Å². The number of aliphatic hydroxyl groups is 2. The predicted molar refractivity (Wildman–Crippen MR) is 200 cm³/mol. The fourth-order valence-corrected chi connectivity index (χ4v) is 7.40. The van der Waals surface area contributed by atoms with Gasteiger partial charge in [0.2, 0.25) is 11.8 Å². The molecule has 5 aromatic rings. The number of benzene rings is 2. The standard InChI is InChI=1S/C40H41ClF3N5O7/c41-27-7-5-24(6-8-27)34-10-9-29(55-34)20-48-13-14-49(32(21-48)39(53)46-23-40(42,43)44)19-28(50)15-26(17-30-16-25-11-12-45-18-36(25)56-30)38(52)47-37-31-3-1-2-4-35(31)54-22-33(37)51/h1-12,16,18,26,28,32-33,37,50-51H,13-15,17,19-23H2,(H,46,53)(H,47,52)/t26-,28-,32-,33+,37-/m0/s1. The molecule has 296 valence electrons. The maximum Gasteiger partial charge on any atom is 0.405 e. The molecule has 2 aliphatic heterocycles. The Balaban J connectivity index is 1.06. The largest absolute Gasteiger partial charge is 0.490 e. The normalized spacial score (nSPS) is 20.2. The molecule has 0 saturated carbocycles. The average Bonchev–Trinajstić information content (AvgIpc) is 3.82. The van der Waals surface area contributed by atoms with E-state index in [0.29, 0.717) is 52.3 Å². The minimum atomic E-state index is -4.62. The third kappa shape index (κ3) is 9.71. The molecule has 5 heterocycles. The number of aromatic nitrogens is 1. The number of furan rings is 2. The number of pyridine rings is 1. The number of alkyl halides is 3. The van der Waals surface area contributed by atoms with Crippen LogP contribution in [0.5, 0.6) is 5.75 Å². The van der Waals surface area contributed by atoms with Crippen LogP contribution in [-0.4, -0.2) is 101 Å². The molecule has 2 amide bonds. The van der Waals surface area contributed by atoms with Crippen molar-refractivity contribution < 1.29 is 46.5 Å². The lowest BCUT2D eigenvalue weighted by atomic mass is 9.92. The molecule has 12 nitrogen and oxygen atoms in total. The molecule has 1 saturated heterocycles. The summed E-state index contributed by atoms with van der Waals surface area (Å²) in [5.74, 6) is 0.0722. The molecule has 5 atom stereocenters. The fraction of sp³-hybridized carbons (Fsp3) is 0.375. The van der Waals surface area contributed by atoms with Crippen LogP contribution in [0.15, 0.2) is 94.0 Å². The Morgan fingerprint density at radius 1 is 1.02 bits per heavy atom. The monoisotopic (exact) mass is 795 g/mol. The minimum Gasteiger partial charge on any atom is -0.490 e. The average molecular weight is 796 g/mol. The van der Waals surface area contributed by atoms with E-state index in [-0.39, 0.29) is 39.1 Å². The second kappa shape index (κ2) is 17.1. The number of nitrogens with zero attached hydrogens (tertiary/aromatic N) is 3. The van der Waals surface area contributed by atoms with Crippen molar-refractivity contribution in [2.75, 3.05) is 39.3 Å². The number of ether oxygens (including phenoxy) is 1. The van der Waals surface area contributed by atoms with Crippen molar-refractivity contribution in [3.05, 3.63) is 107 Å². The zero-order valence-electron chi connectivity index (χ0n) is 30.1. The van der Waals surface area contributed by atoms with Crippen molar-refractivity contribution in [1.82, 2.24) is 25.4 Å². The van der Waals surface area contributed by atoms with E-state index in [2.05, 4.69) is 10.3 Å². The Kier molecular flexibility index (Phi) is 12.0. The van der Waals surface area contributed by atoms with Gasteiger partial charge < -0.3 is 34.4 Å². The number of amides is 2. The lowest BCUT2D eigenvalue weighted by molar-refractivity contribution is -0.143. The van der Waals surface area contributed by atoms with E-state index in [1.807, 2.05) is 28.4 Å². The third-order valence-corrected chi connectivity index (χ3v) is 10.3. The molecule has 2 aromatic carbocycles. The highest BCUT2D eigenvalue weighted by Gasteiger charge is 2.38. The van der Waals surface area contributed by atoms with E-state index in [0.717, 1.165) is 10.9 Å². The molecule has 16 heteroatoms. The number of hydrogen-bond donors (Lipinski definition) is 4. The van der Waals surface area contributed by atoms with Crippen LogP contribution in [0, 0.1) is 5.92 Å². The van der Waals surface area contributed by atoms with Crippen LogP contribution in [0.4, 0.5) is 13.2 Å². The molecule has 2 aliphatic rings. The van der Waals surface area contributed by atoms with Gasteiger partial charge in [0.15, 0.2) is 5.58 Å². The minimum absolute atomic E-state index is 0.0287. The summed E-state index contributed by atoms with van der Waals surface area (Å²) in [5.41, 5.74) is 1.95. The number of carbonyl (C=O) groups excluding carboxylic acids is 2. The van der Waals surface area contributed by atoms with Crippen LogP contribution >= 0.6 is 11.6 Å². The van der Waals surface area contributed by atoms with Gasteiger partial charge in [0.1, 0.15) is 48.3 Å². The number of fused-ring (bicyclic) bond motifs is 2. The lowest BCUT2D eigenvalue weighted by Gasteiger charge is -2.41. The number of nitrogens with one attached hydrogen (secondary N) is 2. The number of β-amino-alcohol motifs (C(OH)–C–C–N with tert-alkyl or cyclic N) is 1. The molecule has 0 radical (unpaired) electrons. The molecule has 7 rings (SSSR count). The first-order valence-electron chi connectivity index (χ1n) is 18.2. The van der Waals surface area contributed by atoms with Crippen LogP contribution in [0.1, 0.15) is 29.5 Å². The summed E-state index contributed by atoms with van der Waals surface area (Å²) in [6, 6.07) is 19.6. The smallest absolute Gasteiger partial charge is 0.405 e. The molecule has 3 aromatic heterocycles. The van der Waals surface area contributed by atoms with E-state index in [1.165, 1.54) is 0 Å². The molecular weight excluding hydrogens is 755 g/mol. The Morgan fingerprint density at radius 2 is 1.82 bits per heavy atom. The summed E-state index contributed by atoms with van der Waals surface area (Å²) in [6.07, 6.45) is -3.65.